The molecule has 3 aromatic carbocycles. The first-order chi connectivity index (χ1) is 16.7. The smallest absolute Gasteiger partial charge is 0.279 e. The zero-order valence-corrected chi connectivity index (χ0v) is 21.3. The number of hydrogen-bond acceptors (Lipinski definition) is 5. The van der Waals surface area contributed by atoms with Crippen LogP contribution in [0.1, 0.15) is 10.4 Å². The molecule has 0 atom stereocenters. The molecule has 0 unspecified atom stereocenters. The van der Waals surface area contributed by atoms with Crippen molar-refractivity contribution in [1.29, 1.82) is 0 Å². The van der Waals surface area contributed by atoms with E-state index >= 15 is 0 Å². The number of carbonyl (C=O) groups excluding carboxylic acids is 1. The largest absolute Gasteiger partial charge is 0.497 e. The van der Waals surface area contributed by atoms with Gasteiger partial charge in [-0.25, -0.2) is 8.42 Å². The van der Waals surface area contributed by atoms with Gasteiger partial charge in [-0.3, -0.25) is 9.52 Å². The minimum atomic E-state index is -3.81. The highest BCUT2D eigenvalue weighted by Crippen LogP contribution is 2.32. The fraction of sp³-hybridized carbons (Fsp3) is 0.0833. The van der Waals surface area contributed by atoms with Crippen LogP contribution in [0.5, 0.6) is 5.75 Å². The number of halogens is 2. The minimum absolute atomic E-state index is 0.0774. The number of anilines is 1. The van der Waals surface area contributed by atoms with E-state index in [1.807, 2.05) is 0 Å². The lowest BCUT2D eigenvalue weighted by Gasteiger charge is -2.09. The molecular weight excluding hydrogens is 529 g/mol. The van der Waals surface area contributed by atoms with Gasteiger partial charge >= 0.3 is 0 Å². The Balaban J connectivity index is 1.62. The van der Waals surface area contributed by atoms with Crippen LogP contribution in [0.25, 0.3) is 10.2 Å². The highest BCUT2D eigenvalue weighted by Gasteiger charge is 2.16. The molecule has 0 aliphatic rings. The quantitative estimate of drug-likeness (QED) is 0.337. The molecule has 4 aromatic rings. The van der Waals surface area contributed by atoms with Gasteiger partial charge in [0.15, 0.2) is 4.80 Å². The van der Waals surface area contributed by atoms with Crippen LogP contribution >= 0.6 is 34.5 Å². The number of benzene rings is 3. The summed E-state index contributed by atoms with van der Waals surface area (Å²) in [5.41, 5.74) is 1.16. The van der Waals surface area contributed by atoms with E-state index in [-0.39, 0.29) is 17.0 Å². The van der Waals surface area contributed by atoms with Crippen molar-refractivity contribution in [1.82, 2.24) is 4.57 Å². The summed E-state index contributed by atoms with van der Waals surface area (Å²) in [5, 5.41) is 0.917. The number of hydrogen-bond donors (Lipinski definition) is 1. The zero-order chi connectivity index (χ0) is 25.2. The van der Waals surface area contributed by atoms with E-state index in [1.54, 1.807) is 28.8 Å². The van der Waals surface area contributed by atoms with Crippen molar-refractivity contribution >= 4 is 66.4 Å². The van der Waals surface area contributed by atoms with Gasteiger partial charge in [-0.1, -0.05) is 40.5 Å². The van der Waals surface area contributed by atoms with E-state index in [0.717, 1.165) is 0 Å². The Kier molecular flexibility index (Phi) is 7.19. The lowest BCUT2D eigenvalue weighted by molar-refractivity contribution is 0.0998. The molecule has 11 heteroatoms. The average molecular weight is 546 g/mol. The molecule has 0 aliphatic heterocycles. The van der Waals surface area contributed by atoms with Gasteiger partial charge in [0.25, 0.3) is 15.9 Å². The van der Waals surface area contributed by atoms with Crippen LogP contribution in [0, 0.1) is 12.3 Å². The first-order valence-corrected chi connectivity index (χ1v) is 13.1. The third kappa shape index (κ3) is 5.21. The van der Waals surface area contributed by atoms with E-state index in [1.165, 1.54) is 54.8 Å². The molecule has 0 saturated carbocycles. The predicted octanol–water partition coefficient (Wildman–Crippen LogP) is 5.19. The van der Waals surface area contributed by atoms with Gasteiger partial charge in [-0.2, -0.15) is 4.99 Å². The normalized spacial score (nSPS) is 11.9. The fourth-order valence-electron chi connectivity index (χ4n) is 3.24. The van der Waals surface area contributed by atoms with Gasteiger partial charge in [0.05, 0.1) is 38.8 Å². The third-order valence-corrected chi connectivity index (χ3v) is 8.17. The van der Waals surface area contributed by atoms with Gasteiger partial charge in [-0.05, 0) is 60.7 Å². The maximum atomic E-state index is 12.9. The van der Waals surface area contributed by atoms with Crippen molar-refractivity contribution in [3.05, 3.63) is 81.1 Å². The Morgan fingerprint density at radius 2 is 1.74 bits per heavy atom. The minimum Gasteiger partial charge on any atom is -0.497 e. The molecule has 0 fully saturated rings. The molecule has 0 saturated heterocycles. The summed E-state index contributed by atoms with van der Waals surface area (Å²) in [6.07, 6.45) is 5.50. The number of thiazole rings is 1. The van der Waals surface area contributed by atoms with Crippen molar-refractivity contribution < 1.29 is 17.9 Å². The summed E-state index contributed by atoms with van der Waals surface area (Å²) in [4.78, 5) is 17.5. The summed E-state index contributed by atoms with van der Waals surface area (Å²) >= 11 is 13.8. The van der Waals surface area contributed by atoms with Crippen molar-refractivity contribution in [3.63, 3.8) is 0 Å². The molecule has 1 N–H and O–H groups in total. The van der Waals surface area contributed by atoms with Crippen molar-refractivity contribution in [3.8, 4) is 18.1 Å². The van der Waals surface area contributed by atoms with E-state index in [4.69, 9.17) is 34.4 Å². The Hall–Kier alpha value is -3.29. The zero-order valence-electron chi connectivity index (χ0n) is 18.2. The van der Waals surface area contributed by atoms with Gasteiger partial charge in [-0.15, -0.1) is 6.42 Å². The Morgan fingerprint density at radius 3 is 2.37 bits per heavy atom. The molecule has 0 spiro atoms. The number of rotatable bonds is 6. The summed E-state index contributed by atoms with van der Waals surface area (Å²) in [6.45, 7) is 0.151. The maximum Gasteiger partial charge on any atom is 0.279 e. The highest BCUT2D eigenvalue weighted by atomic mass is 35.5. The summed E-state index contributed by atoms with van der Waals surface area (Å²) in [5.74, 6) is 2.55. The second kappa shape index (κ2) is 10.1. The summed E-state index contributed by atoms with van der Waals surface area (Å²) < 4.78 is 35.1. The van der Waals surface area contributed by atoms with Crippen LogP contribution in [0.15, 0.2) is 70.6 Å². The third-order valence-electron chi connectivity index (χ3n) is 4.93. The SMILES string of the molecule is C#CCn1c(=NC(=O)c2ccc(NS(=O)(=O)c3ccc(OC)cc3)cc2)sc2c(Cl)ccc(Cl)c21. The van der Waals surface area contributed by atoms with Crippen LogP contribution < -0.4 is 14.3 Å². The number of carbonyl (C=O) groups is 1. The average Bonchev–Trinajstić information content (AvgIpc) is 3.21. The number of nitrogens with one attached hydrogen (secondary N) is 1. The lowest BCUT2D eigenvalue weighted by Crippen LogP contribution is -2.16. The number of aromatic nitrogens is 1. The van der Waals surface area contributed by atoms with E-state index in [9.17, 15) is 13.2 Å². The fourth-order valence-corrected chi connectivity index (χ4v) is 5.94. The number of sulfonamides is 1. The van der Waals surface area contributed by atoms with Crippen molar-refractivity contribution in [2.75, 3.05) is 11.8 Å². The van der Waals surface area contributed by atoms with Crippen LogP contribution in [-0.4, -0.2) is 26.0 Å². The molecule has 0 aliphatic carbocycles. The first-order valence-electron chi connectivity index (χ1n) is 10.0. The Bertz CT molecular complexity index is 1630. The molecule has 178 valence electrons. The summed E-state index contributed by atoms with van der Waals surface area (Å²) in [7, 11) is -2.32. The van der Waals surface area contributed by atoms with Gasteiger partial charge in [0.2, 0.25) is 0 Å². The van der Waals surface area contributed by atoms with Crippen molar-refractivity contribution in [2.24, 2.45) is 4.99 Å². The van der Waals surface area contributed by atoms with Gasteiger partial charge in [0, 0.05) is 11.3 Å². The van der Waals surface area contributed by atoms with Gasteiger partial charge < -0.3 is 9.30 Å². The standard InChI is InChI=1S/C24H17Cl2N3O4S2/c1-3-14-29-21-19(25)12-13-20(26)22(21)34-24(29)27-23(30)15-4-6-16(7-5-15)28-35(31,32)18-10-8-17(33-2)9-11-18/h1,4-13,28H,14H2,2H3. The Morgan fingerprint density at radius 1 is 1.09 bits per heavy atom. The van der Waals surface area contributed by atoms with E-state index < -0.39 is 15.9 Å². The molecule has 1 heterocycles. The molecule has 4 rings (SSSR count). The maximum absolute atomic E-state index is 12.9. The van der Waals surface area contributed by atoms with Crippen molar-refractivity contribution in [2.45, 2.75) is 11.4 Å². The molecule has 0 bridgehead atoms. The van der Waals surface area contributed by atoms with Crippen LogP contribution in [0.4, 0.5) is 5.69 Å². The topological polar surface area (TPSA) is 89.8 Å². The molecule has 0 radical (unpaired) electrons. The van der Waals surface area contributed by atoms with E-state index in [0.29, 0.717) is 36.5 Å². The van der Waals surface area contributed by atoms with Crippen LogP contribution in [0.3, 0.4) is 0 Å². The highest BCUT2D eigenvalue weighted by molar-refractivity contribution is 7.92. The Labute approximate surface area is 215 Å². The molecular formula is C24H17Cl2N3O4S2. The van der Waals surface area contributed by atoms with Gasteiger partial charge in [0.1, 0.15) is 5.75 Å². The number of fused-ring (bicyclic) bond motifs is 1. The van der Waals surface area contributed by atoms with E-state index in [2.05, 4.69) is 15.6 Å². The number of ether oxygens (including phenoxy) is 1. The molecule has 1 aromatic heterocycles. The number of amides is 1. The number of terminal acetylenes is 1. The molecule has 35 heavy (non-hydrogen) atoms. The first kappa shape index (κ1) is 24.8. The summed E-state index contributed by atoms with van der Waals surface area (Å²) in [6, 6.07) is 15.2. The second-order valence-electron chi connectivity index (χ2n) is 7.16. The predicted molar refractivity (Wildman–Crippen MR) is 139 cm³/mol. The monoisotopic (exact) mass is 545 g/mol. The van der Waals surface area contributed by atoms with Crippen LogP contribution in [-0.2, 0) is 16.6 Å². The lowest BCUT2D eigenvalue weighted by atomic mass is 10.2. The second-order valence-corrected chi connectivity index (χ2v) is 10.6. The van der Waals surface area contributed by atoms with Crippen LogP contribution in [0.2, 0.25) is 10.0 Å². The molecule has 1 amide bonds. The molecule has 7 nitrogen and oxygen atoms in total. The number of methoxy groups -OCH3 is 1. The number of nitrogens with zero attached hydrogens (tertiary/aromatic N) is 2.